The van der Waals surface area contributed by atoms with Crippen molar-refractivity contribution in [2.45, 2.75) is 33.4 Å². The van der Waals surface area contributed by atoms with Crippen molar-refractivity contribution in [1.82, 2.24) is 4.90 Å². The third kappa shape index (κ3) is 7.15. The predicted octanol–water partition coefficient (Wildman–Crippen LogP) is 6.85. The molecule has 0 aromatic heterocycles. The zero-order valence-corrected chi connectivity index (χ0v) is 22.3. The van der Waals surface area contributed by atoms with Crippen molar-refractivity contribution in [3.63, 3.8) is 0 Å². The normalized spacial score (nSPS) is 10.6. The van der Waals surface area contributed by atoms with E-state index in [1.165, 1.54) is 7.11 Å². The summed E-state index contributed by atoms with van der Waals surface area (Å²) in [5.41, 5.74) is 5.21. The van der Waals surface area contributed by atoms with Crippen LogP contribution in [-0.4, -0.2) is 37.7 Å². The van der Waals surface area contributed by atoms with Gasteiger partial charge in [0.15, 0.2) is 0 Å². The van der Waals surface area contributed by atoms with Gasteiger partial charge in [-0.2, -0.15) is 0 Å². The van der Waals surface area contributed by atoms with Crippen molar-refractivity contribution < 1.29 is 23.8 Å². The first-order valence-corrected chi connectivity index (χ1v) is 12.2. The molecule has 0 aliphatic heterocycles. The van der Waals surface area contributed by atoms with Crippen LogP contribution >= 0.6 is 23.2 Å². The van der Waals surface area contributed by atoms with Crippen LogP contribution in [0.4, 0.5) is 4.79 Å². The van der Waals surface area contributed by atoms with E-state index in [1.807, 2.05) is 50.2 Å². The molecular weight excluding hydrogens is 501 g/mol. The lowest BCUT2D eigenvalue weighted by Gasteiger charge is -2.23. The van der Waals surface area contributed by atoms with Crippen molar-refractivity contribution in [2.75, 3.05) is 20.8 Å². The lowest BCUT2D eigenvalue weighted by atomic mass is 9.94. The number of hydrogen-bond donors (Lipinski definition) is 0. The van der Waals surface area contributed by atoms with Crippen LogP contribution in [0, 0.1) is 6.92 Å². The standard InChI is InChI=1S/C28H29Cl2NO5/c1-5-31(28(33)36-17-20-11-22(29)15-23(30)12-20)16-21-10-18(2)6-8-24(21)25-13-19(14-27(32)35-4)7-9-26(25)34-3/h6-13,15H,5,14,16-17H2,1-4H3. The van der Waals surface area contributed by atoms with Gasteiger partial charge in [0.1, 0.15) is 12.4 Å². The summed E-state index contributed by atoms with van der Waals surface area (Å²) in [6.45, 7) is 4.72. The number of halogens is 2. The van der Waals surface area contributed by atoms with E-state index in [4.69, 9.17) is 37.4 Å². The number of nitrogens with zero attached hydrogens (tertiary/aromatic N) is 1. The zero-order chi connectivity index (χ0) is 26.2. The first-order chi connectivity index (χ1) is 17.2. The molecule has 1 amide bonds. The number of ether oxygens (including phenoxy) is 3. The second-order valence-corrected chi connectivity index (χ2v) is 9.17. The second-order valence-electron chi connectivity index (χ2n) is 8.29. The average Bonchev–Trinajstić information content (AvgIpc) is 2.85. The SMILES string of the molecule is CCN(Cc1cc(C)ccc1-c1cc(CC(=O)OC)ccc1OC)C(=O)OCc1cc(Cl)cc(Cl)c1. The van der Waals surface area contributed by atoms with E-state index >= 15 is 0 Å². The summed E-state index contributed by atoms with van der Waals surface area (Å²) < 4.78 is 16.0. The average molecular weight is 530 g/mol. The maximum atomic E-state index is 12.9. The van der Waals surface area contributed by atoms with Crippen molar-refractivity contribution in [2.24, 2.45) is 0 Å². The molecule has 0 aliphatic rings. The molecule has 3 aromatic carbocycles. The first-order valence-electron chi connectivity index (χ1n) is 11.4. The van der Waals surface area contributed by atoms with E-state index in [-0.39, 0.29) is 19.0 Å². The Morgan fingerprint density at radius 3 is 2.25 bits per heavy atom. The van der Waals surface area contributed by atoms with Crippen LogP contribution < -0.4 is 4.74 Å². The fourth-order valence-corrected chi connectivity index (χ4v) is 4.44. The molecule has 8 heteroatoms. The van der Waals surface area contributed by atoms with E-state index in [1.54, 1.807) is 30.2 Å². The molecule has 0 aliphatic carbocycles. The number of aryl methyl sites for hydroxylation is 1. The maximum Gasteiger partial charge on any atom is 0.410 e. The van der Waals surface area contributed by atoms with Gasteiger partial charge in [0.2, 0.25) is 0 Å². The molecule has 0 atom stereocenters. The molecule has 190 valence electrons. The molecule has 0 unspecified atom stereocenters. The number of esters is 1. The predicted molar refractivity (Wildman–Crippen MR) is 142 cm³/mol. The molecule has 36 heavy (non-hydrogen) atoms. The summed E-state index contributed by atoms with van der Waals surface area (Å²) in [6, 6.07) is 16.7. The molecule has 3 rings (SSSR count). The fraction of sp³-hybridized carbons (Fsp3) is 0.286. The summed E-state index contributed by atoms with van der Waals surface area (Å²) in [5, 5.41) is 0.961. The van der Waals surface area contributed by atoms with Gasteiger partial charge < -0.3 is 19.1 Å². The third-order valence-electron chi connectivity index (χ3n) is 5.68. The van der Waals surface area contributed by atoms with Gasteiger partial charge >= 0.3 is 12.1 Å². The van der Waals surface area contributed by atoms with E-state index in [9.17, 15) is 9.59 Å². The minimum Gasteiger partial charge on any atom is -0.496 e. The van der Waals surface area contributed by atoms with E-state index in [2.05, 4.69) is 0 Å². The highest BCUT2D eigenvalue weighted by Gasteiger charge is 2.19. The molecule has 0 saturated carbocycles. The highest BCUT2D eigenvalue weighted by molar-refractivity contribution is 6.34. The van der Waals surface area contributed by atoms with Crippen LogP contribution in [-0.2, 0) is 33.8 Å². The second kappa shape index (κ2) is 12.7. The van der Waals surface area contributed by atoms with Crippen molar-refractivity contribution in [1.29, 1.82) is 0 Å². The Hall–Kier alpha value is -3.22. The number of rotatable bonds is 9. The molecule has 0 heterocycles. The minimum atomic E-state index is -0.451. The molecule has 0 spiro atoms. The first kappa shape index (κ1) is 27.4. The van der Waals surface area contributed by atoms with Crippen LogP contribution in [0.25, 0.3) is 11.1 Å². The van der Waals surface area contributed by atoms with Gasteiger partial charge in [-0.1, -0.05) is 53.0 Å². The van der Waals surface area contributed by atoms with E-state index < -0.39 is 6.09 Å². The van der Waals surface area contributed by atoms with Gasteiger partial charge in [-0.05, 0) is 66.4 Å². The van der Waals surface area contributed by atoms with Crippen LogP contribution in [0.1, 0.15) is 29.2 Å². The van der Waals surface area contributed by atoms with Gasteiger partial charge in [0.25, 0.3) is 0 Å². The molecule has 3 aromatic rings. The summed E-state index contributed by atoms with van der Waals surface area (Å²) in [5.74, 6) is 0.341. The van der Waals surface area contributed by atoms with E-state index in [0.717, 1.165) is 27.8 Å². The van der Waals surface area contributed by atoms with Crippen molar-refractivity contribution in [3.8, 4) is 16.9 Å². The molecule has 0 N–H and O–H groups in total. The highest BCUT2D eigenvalue weighted by Crippen LogP contribution is 2.35. The highest BCUT2D eigenvalue weighted by atomic mass is 35.5. The number of amides is 1. The lowest BCUT2D eigenvalue weighted by molar-refractivity contribution is -0.139. The third-order valence-corrected chi connectivity index (χ3v) is 6.11. The van der Waals surface area contributed by atoms with Gasteiger partial charge in [-0.25, -0.2) is 4.79 Å². The zero-order valence-electron chi connectivity index (χ0n) is 20.8. The number of carbonyl (C=O) groups excluding carboxylic acids is 2. The van der Waals surface area contributed by atoms with Gasteiger partial charge in [0.05, 0.1) is 20.6 Å². The largest absolute Gasteiger partial charge is 0.496 e. The number of benzene rings is 3. The van der Waals surface area contributed by atoms with Crippen molar-refractivity contribution >= 4 is 35.3 Å². The Morgan fingerprint density at radius 2 is 1.61 bits per heavy atom. The number of hydrogen-bond acceptors (Lipinski definition) is 5. The Balaban J connectivity index is 1.87. The summed E-state index contributed by atoms with van der Waals surface area (Å²) in [6.07, 6.45) is -0.303. The van der Waals surface area contributed by atoms with Crippen LogP contribution in [0.2, 0.25) is 10.0 Å². The Labute approximate surface area is 221 Å². The number of methoxy groups -OCH3 is 2. The fourth-order valence-electron chi connectivity index (χ4n) is 3.87. The van der Waals surface area contributed by atoms with Gasteiger partial charge in [-0.15, -0.1) is 0 Å². The van der Waals surface area contributed by atoms with Gasteiger partial charge in [-0.3, -0.25) is 4.79 Å². The smallest absolute Gasteiger partial charge is 0.410 e. The maximum absolute atomic E-state index is 12.9. The lowest BCUT2D eigenvalue weighted by Crippen LogP contribution is -2.31. The topological polar surface area (TPSA) is 65.1 Å². The summed E-state index contributed by atoms with van der Waals surface area (Å²) >= 11 is 12.1. The van der Waals surface area contributed by atoms with Crippen molar-refractivity contribution in [3.05, 3.63) is 86.9 Å². The monoisotopic (exact) mass is 529 g/mol. The van der Waals surface area contributed by atoms with Crippen LogP contribution in [0.15, 0.2) is 54.6 Å². The molecule has 0 saturated heterocycles. The van der Waals surface area contributed by atoms with Crippen LogP contribution in [0.3, 0.4) is 0 Å². The summed E-state index contributed by atoms with van der Waals surface area (Å²) in [4.78, 5) is 26.4. The molecule has 6 nitrogen and oxygen atoms in total. The molecule has 0 fully saturated rings. The minimum absolute atomic E-state index is 0.0552. The van der Waals surface area contributed by atoms with E-state index in [0.29, 0.717) is 34.4 Å². The van der Waals surface area contributed by atoms with Gasteiger partial charge in [0, 0.05) is 28.7 Å². The summed E-state index contributed by atoms with van der Waals surface area (Å²) in [7, 11) is 2.97. The quantitative estimate of drug-likeness (QED) is 0.283. The Morgan fingerprint density at radius 1 is 0.889 bits per heavy atom. The Bertz CT molecular complexity index is 1220. The molecule has 0 bridgehead atoms. The van der Waals surface area contributed by atoms with Crippen LogP contribution in [0.5, 0.6) is 5.75 Å². The number of carbonyl (C=O) groups is 2. The Kier molecular flexibility index (Phi) is 9.62. The molecule has 0 radical (unpaired) electrons. The molecular formula is C28H29Cl2NO5.